The number of thiophene rings is 1. The summed E-state index contributed by atoms with van der Waals surface area (Å²) in [5.74, 6) is -0.0176. The first-order valence-corrected chi connectivity index (χ1v) is 15.4. The average molecular weight is 626 g/mol. The van der Waals surface area contributed by atoms with Crippen LogP contribution in [0.1, 0.15) is 114 Å². The van der Waals surface area contributed by atoms with E-state index in [0.29, 0.717) is 4.88 Å². The van der Waals surface area contributed by atoms with E-state index in [0.717, 1.165) is 48.8 Å². The molecule has 9 heteroatoms. The number of halogens is 3. The van der Waals surface area contributed by atoms with Gasteiger partial charge < -0.3 is 15.2 Å². The molecule has 5 nitrogen and oxygen atoms in total. The highest BCUT2D eigenvalue weighted by Gasteiger charge is 2.25. The molecular formula is C34H50F3NO4S. The summed E-state index contributed by atoms with van der Waals surface area (Å²) in [5, 5.41) is 11.4. The van der Waals surface area contributed by atoms with Crippen LogP contribution in [0.3, 0.4) is 0 Å². The molecule has 2 atom stereocenters. The summed E-state index contributed by atoms with van der Waals surface area (Å²) in [6.45, 7) is 14.6. The third-order valence-electron chi connectivity index (χ3n) is 5.77. The first-order valence-electron chi connectivity index (χ1n) is 14.6. The van der Waals surface area contributed by atoms with Crippen LogP contribution < -0.4 is 5.32 Å². The highest BCUT2D eigenvalue weighted by Crippen LogP contribution is 2.36. The summed E-state index contributed by atoms with van der Waals surface area (Å²) in [6.07, 6.45) is 16.8. The highest BCUT2D eigenvalue weighted by atomic mass is 32.1. The van der Waals surface area contributed by atoms with Crippen molar-refractivity contribution in [3.05, 3.63) is 69.2 Å². The molecule has 0 spiro atoms. The minimum Gasteiger partial charge on any atom is -0.485 e. The number of carbonyl (C=O) groups excluding carboxylic acids is 1. The summed E-state index contributed by atoms with van der Waals surface area (Å²) >= 11 is 1.42. The van der Waals surface area contributed by atoms with Gasteiger partial charge in [0.05, 0.1) is 17.7 Å². The lowest BCUT2D eigenvalue weighted by molar-refractivity contribution is -0.136. The Bertz CT molecular complexity index is 1080. The number of alkyl halides is 3. The van der Waals surface area contributed by atoms with Gasteiger partial charge in [-0.3, -0.25) is 9.59 Å². The number of aliphatic carboxylic acids is 1. The van der Waals surface area contributed by atoms with Gasteiger partial charge in [-0.05, 0) is 76.7 Å². The molecule has 1 aromatic heterocycles. The van der Waals surface area contributed by atoms with Crippen LogP contribution >= 0.6 is 11.3 Å². The van der Waals surface area contributed by atoms with Gasteiger partial charge in [0.2, 0.25) is 0 Å². The van der Waals surface area contributed by atoms with Crippen LogP contribution in [0.15, 0.2) is 59.4 Å². The van der Waals surface area contributed by atoms with Crippen molar-refractivity contribution in [3.8, 4) is 12.8 Å². The molecule has 0 radical (unpaired) electrons. The Morgan fingerprint density at radius 3 is 2.21 bits per heavy atom. The first-order chi connectivity index (χ1) is 20.3. The van der Waals surface area contributed by atoms with E-state index in [1.54, 1.807) is 13.0 Å². The van der Waals surface area contributed by atoms with Crippen LogP contribution in [0.5, 0.6) is 0 Å². The lowest BCUT2D eigenvalue weighted by Crippen LogP contribution is -2.25. The maximum absolute atomic E-state index is 12.4. The zero-order valence-electron chi connectivity index (χ0n) is 26.7. The van der Waals surface area contributed by atoms with E-state index in [4.69, 9.17) is 9.84 Å². The van der Waals surface area contributed by atoms with Gasteiger partial charge in [-0.1, -0.05) is 63.5 Å². The highest BCUT2D eigenvalue weighted by molar-refractivity contribution is 7.14. The molecule has 0 aliphatic carbocycles. The molecule has 43 heavy (non-hydrogen) atoms. The van der Waals surface area contributed by atoms with Crippen molar-refractivity contribution >= 4 is 23.2 Å². The Hall–Kier alpha value is -3.25. The van der Waals surface area contributed by atoms with E-state index < -0.39 is 18.6 Å². The predicted molar refractivity (Wildman–Crippen MR) is 173 cm³/mol. The molecule has 1 aromatic rings. The van der Waals surface area contributed by atoms with Crippen molar-refractivity contribution in [1.82, 2.24) is 5.32 Å². The van der Waals surface area contributed by atoms with Crippen molar-refractivity contribution in [2.45, 2.75) is 106 Å². The van der Waals surface area contributed by atoms with Crippen LogP contribution in [-0.2, 0) is 9.53 Å². The Kier molecular flexibility index (Phi) is 23.6. The standard InChI is InChI=1S/C27H41NO4S.C5H7F3.C2H2/c1-7-10-19(4)17-20(5)18-22(12-9-3)32-26(21(6)11-8-2)23-13-14-24(33-23)27(31)28-16-15-25(29)30;1-2-3-4-5(6,7)8;1-2/h10,12-14,18,21,26H,7-9,11,15-17H2,1-6H3,(H,28,31)(H,29,30);2-3H,4H2,1H3;1-2H/b19-10+,20-18-,22-12+;3-2-;. The number of allylic oxidation sites excluding steroid dienone is 7. The number of hydrogen-bond donors (Lipinski definition) is 2. The lowest BCUT2D eigenvalue weighted by atomic mass is 9.98. The van der Waals surface area contributed by atoms with E-state index >= 15 is 0 Å². The molecule has 1 rings (SSSR count). The van der Waals surface area contributed by atoms with Gasteiger partial charge in [0.1, 0.15) is 11.9 Å². The van der Waals surface area contributed by atoms with Gasteiger partial charge in [-0.25, -0.2) is 0 Å². The number of carboxylic acid groups (broad SMARTS) is 1. The van der Waals surface area contributed by atoms with Crippen molar-refractivity contribution in [2.24, 2.45) is 5.92 Å². The number of carboxylic acids is 1. The van der Waals surface area contributed by atoms with Crippen LogP contribution in [0, 0.1) is 18.8 Å². The molecule has 0 saturated carbocycles. The van der Waals surface area contributed by atoms with Gasteiger partial charge in [0.15, 0.2) is 0 Å². The van der Waals surface area contributed by atoms with E-state index in [9.17, 15) is 22.8 Å². The molecule has 0 fully saturated rings. The largest absolute Gasteiger partial charge is 0.485 e. The third kappa shape index (κ3) is 21.1. The fourth-order valence-corrected chi connectivity index (χ4v) is 5.04. The van der Waals surface area contributed by atoms with Gasteiger partial charge >= 0.3 is 12.1 Å². The third-order valence-corrected chi connectivity index (χ3v) is 6.91. The Balaban J connectivity index is 0. The normalized spacial score (nSPS) is 13.7. The zero-order chi connectivity index (χ0) is 33.4. The topological polar surface area (TPSA) is 75.6 Å². The number of hydrogen-bond acceptors (Lipinski definition) is 4. The fourth-order valence-electron chi connectivity index (χ4n) is 3.95. The maximum atomic E-state index is 12.4. The fraction of sp³-hybridized carbons (Fsp3) is 0.529. The molecule has 2 unspecified atom stereocenters. The van der Waals surface area contributed by atoms with E-state index in [1.165, 1.54) is 28.6 Å². The molecular weight excluding hydrogens is 575 g/mol. The molecule has 242 valence electrons. The number of nitrogens with one attached hydrogen (secondary N) is 1. The molecule has 2 N–H and O–H groups in total. The molecule has 1 heterocycles. The zero-order valence-corrected chi connectivity index (χ0v) is 27.5. The second-order valence-electron chi connectivity index (χ2n) is 9.94. The summed E-state index contributed by atoms with van der Waals surface area (Å²) in [4.78, 5) is 24.7. The van der Waals surface area contributed by atoms with Gasteiger partial charge in [0.25, 0.3) is 5.91 Å². The van der Waals surface area contributed by atoms with E-state index in [1.807, 2.05) is 6.07 Å². The van der Waals surface area contributed by atoms with Crippen LogP contribution in [0.25, 0.3) is 0 Å². The number of terminal acetylenes is 1. The van der Waals surface area contributed by atoms with Gasteiger partial charge in [0, 0.05) is 11.4 Å². The SMILES string of the molecule is C#C.C/C=C\CC(F)(F)F.CC/C=C(\C)C/C(C)=C\C(=C/CC)OC(c1ccc(C(=O)NCCC(=O)O)s1)C(C)CCC. The minimum absolute atomic E-state index is 0.0903. The van der Waals surface area contributed by atoms with Gasteiger partial charge in [-0.2, -0.15) is 13.2 Å². The van der Waals surface area contributed by atoms with Crippen molar-refractivity contribution in [3.63, 3.8) is 0 Å². The van der Waals surface area contributed by atoms with Crippen molar-refractivity contribution < 1.29 is 32.6 Å². The summed E-state index contributed by atoms with van der Waals surface area (Å²) in [5.41, 5.74) is 2.61. The minimum atomic E-state index is -4.04. The smallest absolute Gasteiger partial charge is 0.392 e. The Labute approximate surface area is 261 Å². The number of ether oxygens (including phenoxy) is 1. The molecule has 0 aromatic carbocycles. The Morgan fingerprint density at radius 2 is 1.72 bits per heavy atom. The molecule has 0 bridgehead atoms. The van der Waals surface area contributed by atoms with Crippen molar-refractivity contribution in [1.29, 1.82) is 0 Å². The Morgan fingerprint density at radius 1 is 1.09 bits per heavy atom. The van der Waals surface area contributed by atoms with Gasteiger partial charge in [-0.15, -0.1) is 24.2 Å². The average Bonchev–Trinajstić information content (AvgIpc) is 3.41. The molecule has 0 saturated heterocycles. The maximum Gasteiger partial charge on any atom is 0.392 e. The second kappa shape index (κ2) is 24.2. The predicted octanol–water partition coefficient (Wildman–Crippen LogP) is 10.2. The van der Waals surface area contributed by atoms with Crippen LogP contribution in [0.2, 0.25) is 0 Å². The summed E-state index contributed by atoms with van der Waals surface area (Å²) in [7, 11) is 0. The number of amides is 1. The quantitative estimate of drug-likeness (QED) is 0.0830. The van der Waals surface area contributed by atoms with E-state index in [2.05, 4.69) is 77.9 Å². The molecule has 0 aliphatic rings. The summed E-state index contributed by atoms with van der Waals surface area (Å²) < 4.78 is 40.1. The van der Waals surface area contributed by atoms with Crippen molar-refractivity contribution in [2.75, 3.05) is 6.54 Å². The number of carbonyl (C=O) groups is 2. The second-order valence-corrected chi connectivity index (χ2v) is 11.1. The first kappa shape index (κ1) is 41.9. The van der Waals surface area contributed by atoms with E-state index in [-0.39, 0.29) is 30.9 Å². The molecule has 1 amide bonds. The monoisotopic (exact) mass is 625 g/mol. The van der Waals surface area contributed by atoms with Crippen LogP contribution in [0.4, 0.5) is 13.2 Å². The molecule has 0 aliphatic heterocycles. The number of rotatable bonds is 16. The summed E-state index contributed by atoms with van der Waals surface area (Å²) in [6, 6.07) is 3.76. The lowest BCUT2D eigenvalue weighted by Gasteiger charge is -2.25. The van der Waals surface area contributed by atoms with Crippen LogP contribution in [-0.4, -0.2) is 29.7 Å².